The van der Waals surface area contributed by atoms with Crippen LogP contribution in [0.25, 0.3) is 10.2 Å². The number of nitrogens with zero attached hydrogens (tertiary/aromatic N) is 3. The molecule has 1 aliphatic carbocycles. The third-order valence-corrected chi connectivity index (χ3v) is 6.26. The van der Waals surface area contributed by atoms with Gasteiger partial charge >= 0.3 is 0 Å². The summed E-state index contributed by atoms with van der Waals surface area (Å²) in [6.07, 6.45) is 3.80. The maximum atomic E-state index is 9.66. The van der Waals surface area contributed by atoms with Gasteiger partial charge in [-0.15, -0.1) is 11.3 Å². The van der Waals surface area contributed by atoms with Gasteiger partial charge in [0, 0.05) is 16.9 Å². The fourth-order valence-corrected chi connectivity index (χ4v) is 4.90. The number of nitrogens with one attached hydrogen (secondary N) is 1. The lowest BCUT2D eigenvalue weighted by Crippen LogP contribution is -2.29. The molecule has 4 rings (SSSR count). The highest BCUT2D eigenvalue weighted by Crippen LogP contribution is 2.27. The van der Waals surface area contributed by atoms with Crippen molar-refractivity contribution in [3.63, 3.8) is 0 Å². The number of rotatable bonds is 5. The fraction of sp³-hybridized carbons (Fsp3) is 0.421. The maximum absolute atomic E-state index is 9.66. The van der Waals surface area contributed by atoms with Crippen molar-refractivity contribution in [2.45, 2.75) is 50.9 Å². The van der Waals surface area contributed by atoms with Crippen LogP contribution in [-0.2, 0) is 13.0 Å². The molecule has 0 amide bonds. The lowest BCUT2D eigenvalue weighted by Gasteiger charge is -2.26. The van der Waals surface area contributed by atoms with Gasteiger partial charge in [0.2, 0.25) is 5.95 Å². The molecule has 1 aliphatic rings. The Morgan fingerprint density at radius 3 is 2.63 bits per heavy atom. The lowest BCUT2D eigenvalue weighted by molar-refractivity contribution is 0.126. The summed E-state index contributed by atoms with van der Waals surface area (Å²) in [7, 11) is 0. The van der Waals surface area contributed by atoms with E-state index < -0.39 is 0 Å². The average Bonchev–Trinajstić information content (AvgIpc) is 3.04. The number of fused-ring (bicyclic) bond motifs is 1. The molecule has 1 aromatic carbocycles. The Morgan fingerprint density at radius 2 is 1.85 bits per heavy atom. The van der Waals surface area contributed by atoms with E-state index in [1.54, 1.807) is 11.3 Å². The molecule has 6 nitrogen and oxygen atoms in total. The van der Waals surface area contributed by atoms with E-state index in [2.05, 4.69) is 42.3 Å². The van der Waals surface area contributed by atoms with Gasteiger partial charge in [0.15, 0.2) is 0 Å². The number of hydrogen-bond acceptors (Lipinski definition) is 7. The summed E-state index contributed by atoms with van der Waals surface area (Å²) in [5, 5.41) is 23.6. The molecular formula is C19H21BrN4O2S. The largest absolute Gasteiger partial charge is 0.393 e. The Labute approximate surface area is 169 Å². The van der Waals surface area contributed by atoms with Gasteiger partial charge in [-0.25, -0.2) is 15.0 Å². The van der Waals surface area contributed by atoms with Crippen LogP contribution in [0.4, 0.5) is 5.95 Å². The van der Waals surface area contributed by atoms with Crippen LogP contribution in [0.15, 0.2) is 28.7 Å². The quantitative estimate of drug-likeness (QED) is 0.551. The highest BCUT2D eigenvalue weighted by atomic mass is 79.9. The third kappa shape index (κ3) is 4.63. The summed E-state index contributed by atoms with van der Waals surface area (Å²) in [6, 6.07) is 8.15. The number of thiazole rings is 1. The van der Waals surface area contributed by atoms with Gasteiger partial charge in [-0.3, -0.25) is 0 Å². The molecule has 0 spiro atoms. The molecule has 27 heavy (non-hydrogen) atoms. The predicted molar refractivity (Wildman–Crippen MR) is 110 cm³/mol. The molecule has 0 saturated heterocycles. The Bertz CT molecular complexity index is 941. The first-order valence-corrected chi connectivity index (χ1v) is 10.7. The van der Waals surface area contributed by atoms with Crippen LogP contribution in [0.2, 0.25) is 0 Å². The Morgan fingerprint density at radius 1 is 1.07 bits per heavy atom. The van der Waals surface area contributed by atoms with Crippen molar-refractivity contribution in [3.8, 4) is 0 Å². The van der Waals surface area contributed by atoms with Gasteiger partial charge in [0.25, 0.3) is 0 Å². The molecule has 2 aromatic heterocycles. The zero-order chi connectivity index (χ0) is 18.8. The molecule has 8 heteroatoms. The van der Waals surface area contributed by atoms with Crippen LogP contribution < -0.4 is 5.32 Å². The molecule has 0 aliphatic heterocycles. The fourth-order valence-electron chi connectivity index (χ4n) is 3.37. The predicted octanol–water partition coefficient (Wildman–Crippen LogP) is 3.65. The molecule has 0 bridgehead atoms. The van der Waals surface area contributed by atoms with E-state index >= 15 is 0 Å². The van der Waals surface area contributed by atoms with E-state index in [0.29, 0.717) is 18.1 Å². The van der Waals surface area contributed by atoms with Crippen LogP contribution in [-0.4, -0.2) is 37.3 Å². The third-order valence-electron chi connectivity index (χ3n) is 4.75. The minimum atomic E-state index is -0.192. The van der Waals surface area contributed by atoms with Gasteiger partial charge in [-0.1, -0.05) is 15.9 Å². The monoisotopic (exact) mass is 448 g/mol. The number of benzene rings is 1. The second-order valence-electron chi connectivity index (χ2n) is 6.88. The lowest BCUT2D eigenvalue weighted by atomic mass is 9.93. The van der Waals surface area contributed by atoms with Crippen molar-refractivity contribution in [1.82, 2.24) is 15.0 Å². The smallest absolute Gasteiger partial charge is 0.223 e. The highest BCUT2D eigenvalue weighted by Gasteiger charge is 2.20. The standard InChI is InChI=1S/C19H21BrN4O2S/c20-11-1-6-16-17(7-11)27-18(24-16)9-13-8-14(10-25)23-19(22-13)21-12-2-4-15(26)5-3-12/h1,6-8,12,15,25-26H,2-5,9-10H2,(H,21,22,23). The van der Waals surface area contributed by atoms with Gasteiger partial charge in [-0.2, -0.15) is 0 Å². The number of anilines is 1. The van der Waals surface area contributed by atoms with Gasteiger partial charge in [0.1, 0.15) is 0 Å². The van der Waals surface area contributed by atoms with Gasteiger partial charge in [0.05, 0.1) is 39.3 Å². The van der Waals surface area contributed by atoms with E-state index in [1.165, 1.54) is 0 Å². The van der Waals surface area contributed by atoms with Crippen molar-refractivity contribution in [3.05, 3.63) is 45.1 Å². The molecular weight excluding hydrogens is 428 g/mol. The zero-order valence-electron chi connectivity index (χ0n) is 14.7. The molecule has 0 unspecified atom stereocenters. The van der Waals surface area contributed by atoms with Crippen molar-refractivity contribution in [1.29, 1.82) is 0 Å². The SMILES string of the molecule is OCc1cc(Cc2nc3ccc(Br)cc3s2)nc(NC2CCC(O)CC2)n1. The molecule has 2 heterocycles. The molecule has 1 saturated carbocycles. The van der Waals surface area contributed by atoms with Gasteiger partial charge < -0.3 is 15.5 Å². The maximum Gasteiger partial charge on any atom is 0.223 e. The number of aliphatic hydroxyl groups is 2. The Hall–Kier alpha value is -1.61. The Balaban J connectivity index is 1.54. The normalized spacial score (nSPS) is 20.1. The highest BCUT2D eigenvalue weighted by molar-refractivity contribution is 9.10. The van der Waals surface area contributed by atoms with Crippen molar-refractivity contribution in [2.75, 3.05) is 5.32 Å². The summed E-state index contributed by atoms with van der Waals surface area (Å²) < 4.78 is 2.17. The van der Waals surface area contributed by atoms with Crippen LogP contribution in [0.5, 0.6) is 0 Å². The molecule has 3 N–H and O–H groups in total. The summed E-state index contributed by atoms with van der Waals surface area (Å²) in [5.74, 6) is 0.543. The van der Waals surface area contributed by atoms with E-state index in [1.807, 2.05) is 18.2 Å². The second kappa shape index (κ2) is 8.18. The van der Waals surface area contributed by atoms with Crippen LogP contribution in [0.3, 0.4) is 0 Å². The molecule has 142 valence electrons. The van der Waals surface area contributed by atoms with Crippen LogP contribution >= 0.6 is 27.3 Å². The minimum absolute atomic E-state index is 0.125. The van der Waals surface area contributed by atoms with E-state index in [0.717, 1.165) is 51.1 Å². The first-order valence-electron chi connectivity index (χ1n) is 9.06. The van der Waals surface area contributed by atoms with Gasteiger partial charge in [-0.05, 0) is 49.9 Å². The summed E-state index contributed by atoms with van der Waals surface area (Å²) in [5.41, 5.74) is 2.42. The molecule has 3 aromatic rings. The summed E-state index contributed by atoms with van der Waals surface area (Å²) >= 11 is 5.14. The van der Waals surface area contributed by atoms with Crippen molar-refractivity contribution in [2.24, 2.45) is 0 Å². The van der Waals surface area contributed by atoms with Crippen LogP contribution in [0.1, 0.15) is 42.1 Å². The number of hydrogen-bond donors (Lipinski definition) is 3. The zero-order valence-corrected chi connectivity index (χ0v) is 17.1. The number of aliphatic hydroxyl groups excluding tert-OH is 2. The van der Waals surface area contributed by atoms with Crippen molar-refractivity contribution < 1.29 is 10.2 Å². The molecule has 1 fully saturated rings. The Kier molecular flexibility index (Phi) is 5.68. The first kappa shape index (κ1) is 18.7. The summed E-state index contributed by atoms with van der Waals surface area (Å²) in [6.45, 7) is -0.125. The number of halogens is 1. The van der Waals surface area contributed by atoms with E-state index in [-0.39, 0.29) is 18.8 Å². The number of aromatic nitrogens is 3. The molecule has 0 atom stereocenters. The molecule has 0 radical (unpaired) electrons. The van der Waals surface area contributed by atoms with Crippen molar-refractivity contribution >= 4 is 43.4 Å². The summed E-state index contributed by atoms with van der Waals surface area (Å²) in [4.78, 5) is 13.7. The van der Waals surface area contributed by atoms with Crippen LogP contribution in [0, 0.1) is 0 Å². The minimum Gasteiger partial charge on any atom is -0.393 e. The van der Waals surface area contributed by atoms with E-state index in [4.69, 9.17) is 0 Å². The average molecular weight is 449 g/mol. The van der Waals surface area contributed by atoms with E-state index in [9.17, 15) is 10.2 Å². The second-order valence-corrected chi connectivity index (χ2v) is 8.91. The topological polar surface area (TPSA) is 91.2 Å². The first-order chi connectivity index (χ1) is 13.1.